The Morgan fingerprint density at radius 3 is 1.85 bits per heavy atom. The summed E-state index contributed by atoms with van der Waals surface area (Å²) < 4.78 is 5.17. The number of hydrogen-bond acceptors (Lipinski definition) is 3. The number of carbonyl (C=O) groups is 1. The van der Waals surface area contributed by atoms with Gasteiger partial charge in [-0.3, -0.25) is 4.79 Å². The number of benzene rings is 3. The average molecular weight is 362 g/mol. The molecule has 2 nitrogen and oxygen atoms in total. The van der Waals surface area contributed by atoms with E-state index in [0.717, 1.165) is 16.9 Å². The maximum absolute atomic E-state index is 12.7. The summed E-state index contributed by atoms with van der Waals surface area (Å²) in [5.41, 5.74) is 3.36. The van der Waals surface area contributed by atoms with Crippen LogP contribution in [-0.2, 0) is 15.3 Å². The largest absolute Gasteiger partial charge is 0.469 e. The Kier molecular flexibility index (Phi) is 6.50. The number of ether oxygens (including phenoxy) is 1. The van der Waals surface area contributed by atoms with Gasteiger partial charge in [0.15, 0.2) is 0 Å². The van der Waals surface area contributed by atoms with Crippen LogP contribution in [0.2, 0.25) is 0 Å². The minimum Gasteiger partial charge on any atom is -0.469 e. The molecule has 0 fully saturated rings. The molecule has 2 unspecified atom stereocenters. The first-order chi connectivity index (χ1) is 12.8. The maximum atomic E-state index is 12.7. The zero-order valence-electron chi connectivity index (χ0n) is 14.7. The van der Waals surface area contributed by atoms with Gasteiger partial charge in [0.2, 0.25) is 0 Å². The molecule has 0 saturated carbocycles. The van der Waals surface area contributed by atoms with E-state index in [9.17, 15) is 4.79 Å². The van der Waals surface area contributed by atoms with Crippen LogP contribution in [0.15, 0.2) is 91.0 Å². The molecular weight excluding hydrogens is 340 g/mol. The number of rotatable bonds is 7. The van der Waals surface area contributed by atoms with Crippen molar-refractivity contribution < 1.29 is 9.53 Å². The number of carbonyl (C=O) groups excluding carboxylic acids is 1. The summed E-state index contributed by atoms with van der Waals surface area (Å²) in [6, 6.07) is 30.4. The van der Waals surface area contributed by atoms with Gasteiger partial charge in [-0.1, -0.05) is 91.0 Å². The van der Waals surface area contributed by atoms with E-state index in [4.69, 9.17) is 4.74 Å². The minimum absolute atomic E-state index is 0.0220. The van der Waals surface area contributed by atoms with Gasteiger partial charge in [0.1, 0.15) is 0 Å². The van der Waals surface area contributed by atoms with Crippen molar-refractivity contribution in [2.24, 2.45) is 0 Å². The van der Waals surface area contributed by atoms with Crippen molar-refractivity contribution in [1.82, 2.24) is 0 Å². The smallest absolute Gasteiger partial charge is 0.314 e. The van der Waals surface area contributed by atoms with Gasteiger partial charge >= 0.3 is 5.97 Å². The number of thioether (sulfide) groups is 1. The molecular formula is C23H22O2S. The van der Waals surface area contributed by atoms with E-state index >= 15 is 0 Å². The molecule has 26 heavy (non-hydrogen) atoms. The van der Waals surface area contributed by atoms with Crippen molar-refractivity contribution in [1.29, 1.82) is 0 Å². The fourth-order valence-corrected chi connectivity index (χ4v) is 4.38. The van der Waals surface area contributed by atoms with Gasteiger partial charge < -0.3 is 4.74 Å². The predicted molar refractivity (Wildman–Crippen MR) is 108 cm³/mol. The van der Waals surface area contributed by atoms with E-state index in [2.05, 4.69) is 24.3 Å². The molecule has 0 heterocycles. The first-order valence-corrected chi connectivity index (χ1v) is 9.67. The summed E-state index contributed by atoms with van der Waals surface area (Å²) in [7, 11) is 1.46. The van der Waals surface area contributed by atoms with Crippen molar-refractivity contribution in [2.75, 3.05) is 7.11 Å². The van der Waals surface area contributed by atoms with Crippen LogP contribution in [0.4, 0.5) is 0 Å². The lowest BCUT2D eigenvalue weighted by molar-refractivity contribution is -0.142. The molecule has 2 atom stereocenters. The second kappa shape index (κ2) is 9.25. The third-order valence-corrected chi connectivity index (χ3v) is 5.72. The molecule has 0 spiro atoms. The summed E-state index contributed by atoms with van der Waals surface area (Å²) in [6.07, 6.45) is 0. The van der Waals surface area contributed by atoms with Crippen LogP contribution in [0.3, 0.4) is 0 Å². The van der Waals surface area contributed by atoms with Crippen molar-refractivity contribution in [3.05, 3.63) is 108 Å². The first kappa shape index (κ1) is 18.3. The Hall–Kier alpha value is -2.52. The van der Waals surface area contributed by atoms with Crippen LogP contribution in [0, 0.1) is 0 Å². The number of esters is 1. The van der Waals surface area contributed by atoms with E-state index in [1.807, 2.05) is 66.7 Å². The molecule has 0 bridgehead atoms. The number of methoxy groups -OCH3 is 1. The molecule has 0 amide bonds. The van der Waals surface area contributed by atoms with Crippen LogP contribution in [0.25, 0.3) is 0 Å². The molecule has 0 aliphatic carbocycles. The third-order valence-electron chi connectivity index (χ3n) is 4.32. The highest BCUT2D eigenvalue weighted by molar-refractivity contribution is 7.98. The SMILES string of the molecule is COC(=O)C(c1ccccc1)C(SCc1ccccc1)c1ccccc1. The zero-order valence-corrected chi connectivity index (χ0v) is 15.6. The summed E-state index contributed by atoms with van der Waals surface area (Å²) in [4.78, 5) is 12.7. The molecule has 3 heteroatoms. The maximum Gasteiger partial charge on any atom is 0.314 e. The van der Waals surface area contributed by atoms with E-state index < -0.39 is 0 Å². The van der Waals surface area contributed by atoms with Crippen molar-refractivity contribution >= 4 is 17.7 Å². The van der Waals surface area contributed by atoms with Crippen LogP contribution >= 0.6 is 11.8 Å². The second-order valence-corrected chi connectivity index (χ2v) is 7.17. The van der Waals surface area contributed by atoms with Crippen molar-refractivity contribution in [3.63, 3.8) is 0 Å². The summed E-state index contributed by atoms with van der Waals surface area (Å²) >= 11 is 1.77. The third kappa shape index (κ3) is 4.55. The Morgan fingerprint density at radius 1 is 0.808 bits per heavy atom. The molecule has 3 aromatic carbocycles. The normalized spacial score (nSPS) is 13.0. The molecule has 0 aromatic heterocycles. The molecule has 3 rings (SSSR count). The van der Waals surface area contributed by atoms with Crippen LogP contribution < -0.4 is 0 Å². The van der Waals surface area contributed by atoms with Crippen LogP contribution in [0.5, 0.6) is 0 Å². The molecule has 132 valence electrons. The van der Waals surface area contributed by atoms with Gasteiger partial charge in [0.05, 0.1) is 13.0 Å². The van der Waals surface area contributed by atoms with E-state index in [1.54, 1.807) is 11.8 Å². The topological polar surface area (TPSA) is 26.3 Å². The predicted octanol–water partition coefficient (Wildman–Crippen LogP) is 5.62. The molecule has 0 saturated heterocycles. The van der Waals surface area contributed by atoms with Gasteiger partial charge in [-0.05, 0) is 16.7 Å². The van der Waals surface area contributed by atoms with Gasteiger partial charge in [0, 0.05) is 11.0 Å². The summed E-state index contributed by atoms with van der Waals surface area (Å²) in [5.74, 6) is 0.281. The zero-order chi connectivity index (χ0) is 18.2. The lowest BCUT2D eigenvalue weighted by Crippen LogP contribution is -2.20. The Labute approximate surface area is 159 Å². The standard InChI is InChI=1S/C23H22O2S/c1-25-23(24)21(19-13-7-3-8-14-19)22(20-15-9-4-10-16-20)26-17-18-11-5-2-6-12-18/h2-16,21-22H,17H2,1H3. The highest BCUT2D eigenvalue weighted by Crippen LogP contribution is 2.43. The van der Waals surface area contributed by atoms with Gasteiger partial charge in [-0.25, -0.2) is 0 Å². The molecule has 0 aliphatic rings. The Morgan fingerprint density at radius 2 is 1.31 bits per heavy atom. The van der Waals surface area contributed by atoms with Crippen LogP contribution in [0.1, 0.15) is 27.9 Å². The van der Waals surface area contributed by atoms with E-state index in [0.29, 0.717) is 0 Å². The highest BCUT2D eigenvalue weighted by atomic mass is 32.2. The lowest BCUT2D eigenvalue weighted by Gasteiger charge is -2.26. The quantitative estimate of drug-likeness (QED) is 0.510. The minimum atomic E-state index is -0.350. The summed E-state index contributed by atoms with van der Waals surface area (Å²) in [6.45, 7) is 0. The van der Waals surface area contributed by atoms with Crippen molar-refractivity contribution in [2.45, 2.75) is 16.9 Å². The van der Waals surface area contributed by atoms with Gasteiger partial charge in [-0.15, -0.1) is 11.8 Å². The molecule has 0 radical (unpaired) electrons. The van der Waals surface area contributed by atoms with Gasteiger partial charge in [0.25, 0.3) is 0 Å². The fourth-order valence-electron chi connectivity index (χ4n) is 3.01. The fraction of sp³-hybridized carbons (Fsp3) is 0.174. The lowest BCUT2D eigenvalue weighted by atomic mass is 9.91. The van der Waals surface area contributed by atoms with Gasteiger partial charge in [-0.2, -0.15) is 0 Å². The highest BCUT2D eigenvalue weighted by Gasteiger charge is 2.32. The number of hydrogen-bond donors (Lipinski definition) is 0. The summed E-state index contributed by atoms with van der Waals surface area (Å²) in [5, 5.41) is -0.0220. The van der Waals surface area contributed by atoms with Crippen LogP contribution in [-0.4, -0.2) is 13.1 Å². The molecule has 3 aromatic rings. The van der Waals surface area contributed by atoms with E-state index in [1.165, 1.54) is 12.7 Å². The first-order valence-electron chi connectivity index (χ1n) is 8.63. The Bertz CT molecular complexity index is 803. The monoisotopic (exact) mass is 362 g/mol. The molecule has 0 aliphatic heterocycles. The Balaban J connectivity index is 1.95. The average Bonchev–Trinajstić information content (AvgIpc) is 2.72. The molecule has 0 N–H and O–H groups in total. The second-order valence-electron chi connectivity index (χ2n) is 6.04. The van der Waals surface area contributed by atoms with Crippen molar-refractivity contribution in [3.8, 4) is 0 Å². The van der Waals surface area contributed by atoms with E-state index in [-0.39, 0.29) is 17.1 Å².